The van der Waals surface area contributed by atoms with Gasteiger partial charge in [-0.05, 0) is 30.2 Å². The zero-order valence-corrected chi connectivity index (χ0v) is 13.7. The van der Waals surface area contributed by atoms with Gasteiger partial charge in [-0.2, -0.15) is 0 Å². The van der Waals surface area contributed by atoms with Gasteiger partial charge in [0, 0.05) is 10.6 Å². The minimum absolute atomic E-state index is 0.0785. The number of halogens is 1. The van der Waals surface area contributed by atoms with E-state index in [0.717, 1.165) is 4.90 Å². The van der Waals surface area contributed by atoms with E-state index in [1.165, 1.54) is 23.9 Å². The maximum atomic E-state index is 12.8. The summed E-state index contributed by atoms with van der Waals surface area (Å²) in [5.41, 5.74) is 4.88. The van der Waals surface area contributed by atoms with Crippen molar-refractivity contribution in [1.29, 1.82) is 0 Å². The third kappa shape index (κ3) is 7.14. The lowest BCUT2D eigenvalue weighted by Gasteiger charge is -2.19. The number of rotatable bonds is 7. The molecule has 0 saturated heterocycles. The molecule has 0 radical (unpaired) electrons. The van der Waals surface area contributed by atoms with Crippen LogP contribution in [0.15, 0.2) is 29.2 Å². The van der Waals surface area contributed by atoms with E-state index in [1.54, 1.807) is 26.0 Å². The number of thioether (sulfide) groups is 1. The predicted molar refractivity (Wildman–Crippen MR) is 84.2 cm³/mol. The predicted octanol–water partition coefficient (Wildman–Crippen LogP) is 2.07. The van der Waals surface area contributed by atoms with E-state index in [2.05, 4.69) is 0 Å². The van der Waals surface area contributed by atoms with Crippen LogP contribution in [0.4, 0.5) is 9.18 Å². The maximum Gasteiger partial charge on any atom is 0.318 e. The molecule has 0 aliphatic rings. The van der Waals surface area contributed by atoms with Gasteiger partial charge in [-0.25, -0.2) is 9.18 Å². The lowest BCUT2D eigenvalue weighted by atomic mass is 10.1. The number of hydrogen-bond acceptors (Lipinski definition) is 5. The van der Waals surface area contributed by atoms with E-state index < -0.39 is 24.0 Å². The molecule has 0 fully saturated rings. The van der Waals surface area contributed by atoms with Crippen LogP contribution in [0, 0.1) is 11.7 Å². The van der Waals surface area contributed by atoms with Gasteiger partial charge in [0.05, 0.1) is 6.42 Å². The smallest absolute Gasteiger partial charge is 0.318 e. The number of nitrogens with one attached hydrogen (secondary N) is 1. The molecular formula is C15H19FN2O4S. The van der Waals surface area contributed by atoms with Crippen LogP contribution < -0.4 is 11.1 Å². The number of esters is 1. The molecule has 1 rings (SSSR count). The number of ether oxygens (including phenoxy) is 1. The van der Waals surface area contributed by atoms with Gasteiger partial charge in [-0.15, -0.1) is 11.8 Å². The molecule has 1 aromatic carbocycles. The molecule has 3 N–H and O–H groups in total. The van der Waals surface area contributed by atoms with Crippen molar-refractivity contribution in [2.75, 3.05) is 5.75 Å². The Balaban J connectivity index is 2.44. The van der Waals surface area contributed by atoms with Gasteiger partial charge in [0.2, 0.25) is 0 Å². The van der Waals surface area contributed by atoms with Crippen LogP contribution in [0.3, 0.4) is 0 Å². The number of carbonyl (C=O) groups excluding carboxylic acids is 3. The van der Waals surface area contributed by atoms with Crippen LogP contribution in [-0.4, -0.2) is 29.8 Å². The molecule has 0 aliphatic heterocycles. The molecule has 3 amide bonds. The standard InChI is InChI=1S/C15H19FN2O4S/c1-9(2)13(14(20)18-15(17)21)22-12(19)7-8-23-11-5-3-10(16)4-6-11/h3-6,9,13H,7-8H2,1-2H3,(H3,17,18,20,21)/t13-/m1/s1. The normalized spacial score (nSPS) is 11.8. The third-order valence-electron chi connectivity index (χ3n) is 2.76. The molecule has 0 saturated carbocycles. The van der Waals surface area contributed by atoms with Gasteiger partial charge >= 0.3 is 12.0 Å². The highest BCUT2D eigenvalue weighted by Crippen LogP contribution is 2.19. The minimum atomic E-state index is -1.08. The maximum absolute atomic E-state index is 12.8. The van der Waals surface area contributed by atoms with Crippen LogP contribution in [0.2, 0.25) is 0 Å². The van der Waals surface area contributed by atoms with Gasteiger partial charge in [0.25, 0.3) is 5.91 Å². The van der Waals surface area contributed by atoms with E-state index in [-0.39, 0.29) is 18.2 Å². The van der Waals surface area contributed by atoms with Gasteiger partial charge < -0.3 is 10.5 Å². The van der Waals surface area contributed by atoms with Crippen molar-refractivity contribution in [3.05, 3.63) is 30.1 Å². The van der Waals surface area contributed by atoms with Crippen LogP contribution in [-0.2, 0) is 14.3 Å². The van der Waals surface area contributed by atoms with Crippen molar-refractivity contribution in [3.8, 4) is 0 Å². The first-order valence-corrected chi connectivity index (χ1v) is 7.96. The Morgan fingerprint density at radius 3 is 2.39 bits per heavy atom. The quantitative estimate of drug-likeness (QED) is 0.584. The fourth-order valence-corrected chi connectivity index (χ4v) is 2.50. The summed E-state index contributed by atoms with van der Waals surface area (Å²) in [6.45, 7) is 3.37. The van der Waals surface area contributed by atoms with Crippen molar-refractivity contribution in [1.82, 2.24) is 5.32 Å². The van der Waals surface area contributed by atoms with Crippen molar-refractivity contribution in [2.45, 2.75) is 31.3 Å². The summed E-state index contributed by atoms with van der Waals surface area (Å²) in [5.74, 6) is -1.51. The monoisotopic (exact) mass is 342 g/mol. The fourth-order valence-electron chi connectivity index (χ4n) is 1.67. The first-order valence-electron chi connectivity index (χ1n) is 6.97. The molecule has 1 atom stereocenters. The molecular weight excluding hydrogens is 323 g/mol. The van der Waals surface area contributed by atoms with Crippen molar-refractivity contribution >= 4 is 29.7 Å². The van der Waals surface area contributed by atoms with E-state index >= 15 is 0 Å². The van der Waals surface area contributed by atoms with Crippen molar-refractivity contribution < 1.29 is 23.5 Å². The molecule has 0 spiro atoms. The third-order valence-corrected chi connectivity index (χ3v) is 3.77. The summed E-state index contributed by atoms with van der Waals surface area (Å²) < 4.78 is 17.9. The second kappa shape index (κ2) is 9.14. The molecule has 0 unspecified atom stereocenters. The molecule has 6 nitrogen and oxygen atoms in total. The number of carbonyl (C=O) groups is 3. The zero-order valence-electron chi connectivity index (χ0n) is 12.9. The van der Waals surface area contributed by atoms with Gasteiger partial charge in [-0.1, -0.05) is 13.8 Å². The van der Waals surface area contributed by atoms with Crippen LogP contribution in [0.25, 0.3) is 0 Å². The van der Waals surface area contributed by atoms with Gasteiger partial charge in [0.1, 0.15) is 5.82 Å². The topological polar surface area (TPSA) is 98.5 Å². The van der Waals surface area contributed by atoms with Gasteiger partial charge in [0.15, 0.2) is 6.10 Å². The Morgan fingerprint density at radius 1 is 1.26 bits per heavy atom. The second-order valence-electron chi connectivity index (χ2n) is 5.06. The molecule has 126 valence electrons. The molecule has 0 aliphatic carbocycles. The molecule has 0 aromatic heterocycles. The number of nitrogens with two attached hydrogens (primary N) is 1. The fraction of sp³-hybridized carbons (Fsp3) is 0.400. The summed E-state index contributed by atoms with van der Waals surface area (Å²) >= 11 is 1.37. The molecule has 0 bridgehead atoms. The molecule has 23 heavy (non-hydrogen) atoms. The Labute approximate surface area is 137 Å². The van der Waals surface area contributed by atoms with E-state index in [1.807, 2.05) is 5.32 Å². The van der Waals surface area contributed by atoms with Gasteiger partial charge in [-0.3, -0.25) is 14.9 Å². The Morgan fingerprint density at radius 2 is 1.87 bits per heavy atom. The number of amides is 3. The molecule has 1 aromatic rings. The lowest BCUT2D eigenvalue weighted by molar-refractivity contribution is -0.157. The van der Waals surface area contributed by atoms with Crippen molar-refractivity contribution in [3.63, 3.8) is 0 Å². The minimum Gasteiger partial charge on any atom is -0.452 e. The number of primary amides is 1. The second-order valence-corrected chi connectivity index (χ2v) is 6.23. The van der Waals surface area contributed by atoms with E-state index in [9.17, 15) is 18.8 Å². The van der Waals surface area contributed by atoms with Crippen LogP contribution in [0.1, 0.15) is 20.3 Å². The summed E-state index contributed by atoms with van der Waals surface area (Å²) in [7, 11) is 0. The highest BCUT2D eigenvalue weighted by molar-refractivity contribution is 7.99. The molecule has 8 heteroatoms. The van der Waals surface area contributed by atoms with E-state index in [4.69, 9.17) is 10.5 Å². The first-order chi connectivity index (χ1) is 10.8. The summed E-state index contributed by atoms with van der Waals surface area (Å²) in [4.78, 5) is 35.0. The van der Waals surface area contributed by atoms with Crippen LogP contribution in [0.5, 0.6) is 0 Å². The lowest BCUT2D eigenvalue weighted by Crippen LogP contribution is -2.45. The number of imide groups is 1. The highest BCUT2D eigenvalue weighted by Gasteiger charge is 2.27. The number of hydrogen-bond donors (Lipinski definition) is 2. The Bertz CT molecular complexity index is 563. The zero-order chi connectivity index (χ0) is 17.4. The number of urea groups is 1. The Kier molecular flexibility index (Phi) is 7.53. The average molecular weight is 342 g/mol. The summed E-state index contributed by atoms with van der Waals surface area (Å²) in [6.07, 6.45) is -0.999. The first kappa shape index (κ1) is 19.0. The van der Waals surface area contributed by atoms with E-state index in [0.29, 0.717) is 5.75 Å². The Hall–Kier alpha value is -2.09. The number of benzene rings is 1. The summed E-state index contributed by atoms with van der Waals surface area (Å²) in [5, 5.41) is 1.90. The largest absolute Gasteiger partial charge is 0.452 e. The SMILES string of the molecule is CC(C)[C@@H](OC(=O)CCSc1ccc(F)cc1)C(=O)NC(N)=O. The summed E-state index contributed by atoms with van der Waals surface area (Å²) in [6, 6.07) is 4.90. The average Bonchev–Trinajstić information content (AvgIpc) is 2.45. The molecule has 0 heterocycles. The van der Waals surface area contributed by atoms with Crippen molar-refractivity contribution in [2.24, 2.45) is 11.7 Å². The highest BCUT2D eigenvalue weighted by atomic mass is 32.2. The van der Waals surface area contributed by atoms with Crippen LogP contribution >= 0.6 is 11.8 Å².